The molecule has 9 nitrogen and oxygen atoms in total. The summed E-state index contributed by atoms with van der Waals surface area (Å²) in [4.78, 5) is 27.6. The van der Waals surface area contributed by atoms with Gasteiger partial charge in [0.2, 0.25) is 5.91 Å². The number of carbonyl (C=O) groups is 2. The minimum atomic E-state index is -3.38. The Kier molecular flexibility index (Phi) is 12.9. The fourth-order valence-corrected chi connectivity index (χ4v) is 4.30. The zero-order valence-corrected chi connectivity index (χ0v) is 18.1. The largest absolute Gasteiger partial charge is 0.449 e. The molecular weight excluding hydrogens is 397 g/mol. The molecule has 0 radical (unpaired) electrons. The van der Waals surface area contributed by atoms with Gasteiger partial charge in [-0.2, -0.15) is 0 Å². The molecule has 0 spiro atoms. The standard InChI is InChI=1S/C16H32N3O6P.ClH/c1-4-7-12-23-16(21)19-10-8-18(9-11-19)15(20)14(17)13-26(22,24-5-2)25-6-3;/h14H,4-13,17H2,1-3H3;1H/t14-;/m0./s1. The van der Waals surface area contributed by atoms with Crippen molar-refractivity contribution in [2.75, 3.05) is 52.2 Å². The Morgan fingerprint density at radius 2 is 1.56 bits per heavy atom. The maximum atomic E-state index is 12.5. The van der Waals surface area contributed by atoms with Gasteiger partial charge < -0.3 is 29.3 Å². The summed E-state index contributed by atoms with van der Waals surface area (Å²) >= 11 is 0. The third-order valence-corrected chi connectivity index (χ3v) is 6.11. The van der Waals surface area contributed by atoms with Crippen LogP contribution in [0.1, 0.15) is 33.6 Å². The molecule has 1 aliphatic rings. The summed E-state index contributed by atoms with van der Waals surface area (Å²) in [6.45, 7) is 7.78. The van der Waals surface area contributed by atoms with Crippen LogP contribution in [-0.4, -0.2) is 80.0 Å². The molecule has 1 atom stereocenters. The summed E-state index contributed by atoms with van der Waals surface area (Å²) < 4.78 is 28.1. The fourth-order valence-electron chi connectivity index (χ4n) is 2.59. The van der Waals surface area contributed by atoms with Gasteiger partial charge in [-0.3, -0.25) is 9.36 Å². The number of hydrogen-bond donors (Lipinski definition) is 1. The first-order valence-corrected chi connectivity index (χ1v) is 10.9. The van der Waals surface area contributed by atoms with E-state index < -0.39 is 13.6 Å². The quantitative estimate of drug-likeness (QED) is 0.418. The molecule has 0 aromatic carbocycles. The second kappa shape index (κ2) is 13.3. The van der Waals surface area contributed by atoms with E-state index in [4.69, 9.17) is 19.5 Å². The summed E-state index contributed by atoms with van der Waals surface area (Å²) in [6, 6.07) is -0.970. The number of unbranched alkanes of at least 4 members (excludes halogenated alkanes) is 1. The third kappa shape index (κ3) is 8.79. The van der Waals surface area contributed by atoms with E-state index in [0.29, 0.717) is 32.8 Å². The molecule has 2 N–H and O–H groups in total. The molecule has 2 amide bonds. The van der Waals surface area contributed by atoms with Crippen LogP contribution in [0.5, 0.6) is 0 Å². The van der Waals surface area contributed by atoms with E-state index in [1.54, 1.807) is 23.6 Å². The van der Waals surface area contributed by atoms with Crippen LogP contribution in [0.2, 0.25) is 0 Å². The first-order valence-electron chi connectivity index (χ1n) is 9.21. The van der Waals surface area contributed by atoms with Crippen molar-refractivity contribution in [1.29, 1.82) is 0 Å². The molecule has 1 rings (SSSR count). The van der Waals surface area contributed by atoms with Gasteiger partial charge in [-0.05, 0) is 20.3 Å². The maximum absolute atomic E-state index is 12.5. The zero-order chi connectivity index (χ0) is 19.6. The molecule has 1 heterocycles. The van der Waals surface area contributed by atoms with Gasteiger partial charge in [-0.15, -0.1) is 12.4 Å². The van der Waals surface area contributed by atoms with Crippen molar-refractivity contribution in [2.24, 2.45) is 5.73 Å². The highest BCUT2D eigenvalue weighted by atomic mass is 35.5. The van der Waals surface area contributed by atoms with E-state index >= 15 is 0 Å². The van der Waals surface area contributed by atoms with Crippen molar-refractivity contribution >= 4 is 32.0 Å². The molecule has 11 heteroatoms. The van der Waals surface area contributed by atoms with Crippen molar-refractivity contribution in [2.45, 2.75) is 39.7 Å². The first kappa shape index (κ1) is 26.1. The van der Waals surface area contributed by atoms with Crippen molar-refractivity contribution < 1.29 is 27.9 Å². The molecule has 0 aromatic heterocycles. The number of carbonyl (C=O) groups excluding carboxylic acids is 2. The number of piperazine rings is 1. The molecule has 0 bridgehead atoms. The minimum Gasteiger partial charge on any atom is -0.449 e. The summed E-state index contributed by atoms with van der Waals surface area (Å²) in [5.74, 6) is -0.316. The molecule has 160 valence electrons. The lowest BCUT2D eigenvalue weighted by Crippen LogP contribution is -2.55. The van der Waals surface area contributed by atoms with Crippen molar-refractivity contribution in [3.8, 4) is 0 Å². The van der Waals surface area contributed by atoms with Gasteiger partial charge in [0.1, 0.15) is 0 Å². The summed E-state index contributed by atoms with van der Waals surface area (Å²) in [5.41, 5.74) is 5.94. The topological polar surface area (TPSA) is 111 Å². The summed E-state index contributed by atoms with van der Waals surface area (Å²) in [7, 11) is -3.38. The molecule has 0 unspecified atom stereocenters. The lowest BCUT2D eigenvalue weighted by Gasteiger charge is -2.35. The van der Waals surface area contributed by atoms with E-state index in [0.717, 1.165) is 12.8 Å². The number of halogens is 1. The molecule has 1 saturated heterocycles. The number of rotatable bonds is 10. The van der Waals surface area contributed by atoms with Crippen LogP contribution in [0.4, 0.5) is 4.79 Å². The van der Waals surface area contributed by atoms with Crippen LogP contribution in [0.3, 0.4) is 0 Å². The predicted octanol–water partition coefficient (Wildman–Crippen LogP) is 2.08. The fraction of sp³-hybridized carbons (Fsp3) is 0.875. The monoisotopic (exact) mass is 429 g/mol. The number of nitrogens with zero attached hydrogens (tertiary/aromatic N) is 2. The Morgan fingerprint density at radius 3 is 2.04 bits per heavy atom. The van der Waals surface area contributed by atoms with Crippen LogP contribution in [0, 0.1) is 0 Å². The maximum Gasteiger partial charge on any atom is 0.409 e. The van der Waals surface area contributed by atoms with Gasteiger partial charge in [0.25, 0.3) is 0 Å². The Bertz CT molecular complexity index is 493. The van der Waals surface area contributed by atoms with Crippen LogP contribution in [-0.2, 0) is 23.1 Å². The van der Waals surface area contributed by atoms with E-state index in [-0.39, 0.29) is 43.8 Å². The van der Waals surface area contributed by atoms with Crippen molar-refractivity contribution in [3.05, 3.63) is 0 Å². The molecular formula is C16H33ClN3O6P. The van der Waals surface area contributed by atoms with Crippen LogP contribution < -0.4 is 5.73 Å². The Balaban J connectivity index is 0.00000676. The molecule has 27 heavy (non-hydrogen) atoms. The third-order valence-electron chi connectivity index (χ3n) is 3.96. The second-order valence-electron chi connectivity index (χ2n) is 6.02. The molecule has 1 fully saturated rings. The molecule has 0 saturated carbocycles. The molecule has 0 aliphatic carbocycles. The number of nitrogens with two attached hydrogens (primary N) is 1. The van der Waals surface area contributed by atoms with E-state index in [9.17, 15) is 14.2 Å². The first-order chi connectivity index (χ1) is 12.4. The minimum absolute atomic E-state index is 0. The van der Waals surface area contributed by atoms with Crippen LogP contribution in [0.15, 0.2) is 0 Å². The van der Waals surface area contributed by atoms with E-state index in [1.807, 2.05) is 6.92 Å². The smallest absolute Gasteiger partial charge is 0.409 e. The van der Waals surface area contributed by atoms with Crippen molar-refractivity contribution in [3.63, 3.8) is 0 Å². The Hall–Kier alpha value is -0.860. The summed E-state index contributed by atoms with van der Waals surface area (Å²) in [5, 5.41) is 0. The average Bonchev–Trinajstić information content (AvgIpc) is 2.61. The van der Waals surface area contributed by atoms with Gasteiger partial charge in [-0.25, -0.2) is 4.79 Å². The highest BCUT2D eigenvalue weighted by Crippen LogP contribution is 2.48. The molecule has 0 aromatic rings. The average molecular weight is 430 g/mol. The lowest BCUT2D eigenvalue weighted by atomic mass is 10.2. The highest BCUT2D eigenvalue weighted by molar-refractivity contribution is 7.53. The van der Waals surface area contributed by atoms with Gasteiger partial charge in [-0.1, -0.05) is 13.3 Å². The molecule has 1 aliphatic heterocycles. The van der Waals surface area contributed by atoms with Gasteiger partial charge in [0.15, 0.2) is 0 Å². The number of ether oxygens (including phenoxy) is 1. The summed E-state index contributed by atoms with van der Waals surface area (Å²) in [6.07, 6.45) is 1.28. The SMILES string of the molecule is CCCCOC(=O)N1CCN(C(=O)[C@@H](N)CP(=O)(OCC)OCC)CC1.Cl. The predicted molar refractivity (Wildman–Crippen MR) is 105 cm³/mol. The van der Waals surface area contributed by atoms with Crippen LogP contribution in [0.25, 0.3) is 0 Å². The van der Waals surface area contributed by atoms with Crippen molar-refractivity contribution in [1.82, 2.24) is 9.80 Å². The van der Waals surface area contributed by atoms with Gasteiger partial charge >= 0.3 is 13.7 Å². The van der Waals surface area contributed by atoms with Crippen LogP contribution >= 0.6 is 20.0 Å². The van der Waals surface area contributed by atoms with E-state index in [1.165, 1.54) is 0 Å². The van der Waals surface area contributed by atoms with Gasteiger partial charge in [0, 0.05) is 26.2 Å². The zero-order valence-electron chi connectivity index (χ0n) is 16.4. The Labute approximate surface area is 167 Å². The normalized spacial score (nSPS) is 15.9. The highest BCUT2D eigenvalue weighted by Gasteiger charge is 2.34. The van der Waals surface area contributed by atoms with E-state index in [2.05, 4.69) is 0 Å². The van der Waals surface area contributed by atoms with Gasteiger partial charge in [0.05, 0.1) is 32.0 Å². The Morgan fingerprint density at radius 1 is 1.04 bits per heavy atom. The number of hydrogen-bond acceptors (Lipinski definition) is 7. The second-order valence-corrected chi connectivity index (χ2v) is 8.12. The lowest BCUT2D eigenvalue weighted by molar-refractivity contribution is -0.133. The number of amides is 2.